The fourth-order valence-corrected chi connectivity index (χ4v) is 5.22. The van der Waals surface area contributed by atoms with Crippen LogP contribution in [-0.4, -0.2) is 145 Å². The smallest absolute Gasteiger partial charge is 0.870 e. The Morgan fingerprint density at radius 2 is 0.750 bits per heavy atom. The summed E-state index contributed by atoms with van der Waals surface area (Å²) in [4.78, 5) is 0. The maximum atomic E-state index is 10.2. The van der Waals surface area contributed by atoms with Crippen LogP contribution < -0.4 is 59.1 Å². The molecular formula is C9H19BaCl2Na2O16S6-. The second kappa shape index (κ2) is 26.3. The number of hydrogen-bond acceptors (Lipinski definition) is 17. The van der Waals surface area contributed by atoms with E-state index in [1.54, 1.807) is 0 Å². The average Bonchev–Trinajstić information content (AvgIpc) is 2.40. The van der Waals surface area contributed by atoms with Crippen LogP contribution in [0.1, 0.15) is 19.3 Å². The molecule has 16 nitrogen and oxygen atoms in total. The van der Waals surface area contributed by atoms with Gasteiger partial charge in [-0.1, -0.05) is 22.9 Å². The quantitative estimate of drug-likeness (QED) is 0.0763. The van der Waals surface area contributed by atoms with Crippen molar-refractivity contribution < 1.29 is 129 Å². The Hall–Kier alpha value is 3.69. The Morgan fingerprint density at radius 1 is 0.528 bits per heavy atom. The van der Waals surface area contributed by atoms with Crippen LogP contribution in [0.2, 0.25) is 0 Å². The Morgan fingerprint density at radius 3 is 0.944 bits per heavy atom. The standard InChI is InChI=1S/C3H6Cl2O4S2.C3H8O6S2.C3H7O5S2.Ba.2Na.H2O/c4-10(6,7)2-1-3-11(5,8)9;4-10(5,6)2-1-3-11(7,8)9;4-9(5)2-1-3-10(6,7)8;;;;/h1-3H2;1-3H2,(H,4,5,6)(H,7,8,9);1-3H2,(H,6,7,8);;;;1H2/q;;-1;+2;2*+1;/p-4. The van der Waals surface area contributed by atoms with E-state index in [-0.39, 0.29) is 144 Å². The molecule has 0 aromatic rings. The van der Waals surface area contributed by atoms with Crippen molar-refractivity contribution in [1.29, 1.82) is 0 Å². The molecule has 0 fully saturated rings. The first-order chi connectivity index (χ1) is 13.8. The molecule has 0 bridgehead atoms. The third-order valence-corrected chi connectivity index (χ3v) is 7.74. The predicted molar refractivity (Wildman–Crippen MR) is 118 cm³/mol. The number of halogens is 2. The molecule has 0 heterocycles. The molecule has 0 aliphatic carbocycles. The van der Waals surface area contributed by atoms with Gasteiger partial charge in [-0.3, -0.25) is 0 Å². The van der Waals surface area contributed by atoms with Crippen LogP contribution in [0.4, 0.5) is 0 Å². The predicted octanol–water partition coefficient (Wildman–Crippen LogP) is -8.34. The summed E-state index contributed by atoms with van der Waals surface area (Å²) in [5.74, 6) is -3.26. The Kier molecular flexibility index (Phi) is 40.7. The number of hydrogen-bond donors (Lipinski definition) is 0. The second-order valence-electron chi connectivity index (χ2n) is 5.34. The van der Waals surface area contributed by atoms with Gasteiger partial charge in [0.1, 0.15) is 0 Å². The molecule has 0 aromatic heterocycles. The van der Waals surface area contributed by atoms with Crippen LogP contribution in [0.15, 0.2) is 0 Å². The maximum absolute atomic E-state index is 10.2. The second-order valence-corrected chi connectivity index (χ2v) is 16.7. The van der Waals surface area contributed by atoms with Crippen LogP contribution >= 0.6 is 21.4 Å². The van der Waals surface area contributed by atoms with Crippen molar-refractivity contribution in [2.75, 3.05) is 34.5 Å². The zero-order chi connectivity index (χ0) is 26.4. The summed E-state index contributed by atoms with van der Waals surface area (Å²) in [6, 6.07) is 0. The van der Waals surface area contributed by atoms with Gasteiger partial charge in [0.15, 0.2) is 0 Å². The van der Waals surface area contributed by atoms with Crippen molar-refractivity contribution >= 4 is 129 Å². The summed E-state index contributed by atoms with van der Waals surface area (Å²) in [5.41, 5.74) is 0. The average molecular weight is 830 g/mol. The molecule has 206 valence electrons. The van der Waals surface area contributed by atoms with E-state index in [0.717, 1.165) is 0 Å². The zero-order valence-corrected chi connectivity index (χ0v) is 33.7. The minimum absolute atomic E-state index is 0. The van der Waals surface area contributed by atoms with E-state index in [9.17, 15) is 64.2 Å². The third kappa shape index (κ3) is 71.2. The van der Waals surface area contributed by atoms with E-state index in [1.807, 2.05) is 0 Å². The van der Waals surface area contributed by atoms with Crippen molar-refractivity contribution in [3.05, 3.63) is 0 Å². The summed E-state index contributed by atoms with van der Waals surface area (Å²) in [6.45, 7) is 0. The van der Waals surface area contributed by atoms with Gasteiger partial charge in [-0.2, -0.15) is 0 Å². The normalized spacial score (nSPS) is 11.5. The van der Waals surface area contributed by atoms with Gasteiger partial charge in [0.2, 0.25) is 18.1 Å². The van der Waals surface area contributed by atoms with Gasteiger partial charge < -0.3 is 27.6 Å². The molecule has 0 spiro atoms. The van der Waals surface area contributed by atoms with E-state index < -0.39 is 82.8 Å². The Balaban J connectivity index is -0.0000000665. The van der Waals surface area contributed by atoms with Gasteiger partial charge in [-0.15, -0.1) is 0 Å². The monoisotopic (exact) mass is 829 g/mol. The van der Waals surface area contributed by atoms with E-state index in [4.69, 9.17) is 21.4 Å². The fraction of sp³-hybridized carbons (Fsp3) is 1.00. The largest absolute Gasteiger partial charge is 2.00 e. The first-order valence-corrected chi connectivity index (χ1v) is 18.5. The van der Waals surface area contributed by atoms with Crippen molar-refractivity contribution in [3.8, 4) is 0 Å². The molecule has 0 aliphatic rings. The van der Waals surface area contributed by atoms with Gasteiger partial charge >= 0.3 is 108 Å². The van der Waals surface area contributed by atoms with Crippen molar-refractivity contribution in [2.45, 2.75) is 19.3 Å². The van der Waals surface area contributed by atoms with E-state index in [0.29, 0.717) is 0 Å². The summed E-state index contributed by atoms with van der Waals surface area (Å²) in [7, 11) is -12.9. The molecule has 1 N–H and O–H groups in total. The van der Waals surface area contributed by atoms with Crippen LogP contribution in [-0.2, 0) is 67.6 Å². The molecule has 0 aliphatic heterocycles. The van der Waals surface area contributed by atoms with E-state index in [2.05, 4.69) is 0 Å². The van der Waals surface area contributed by atoms with Crippen molar-refractivity contribution in [1.82, 2.24) is 0 Å². The Labute approximate surface area is 306 Å². The van der Waals surface area contributed by atoms with Gasteiger partial charge in [0, 0.05) is 38.6 Å². The summed E-state index contributed by atoms with van der Waals surface area (Å²) < 4.78 is 149. The molecule has 0 saturated heterocycles. The molecule has 0 rings (SSSR count). The first kappa shape index (κ1) is 55.6. The molecule has 36 heavy (non-hydrogen) atoms. The minimum Gasteiger partial charge on any atom is -0.870 e. The first-order valence-electron chi connectivity index (χ1n) is 7.54. The van der Waals surface area contributed by atoms with Crippen molar-refractivity contribution in [3.63, 3.8) is 0 Å². The molecule has 0 amide bonds. The minimum atomic E-state index is -4.40. The summed E-state index contributed by atoms with van der Waals surface area (Å²) >= 11 is 0. The van der Waals surface area contributed by atoms with E-state index in [1.165, 1.54) is 0 Å². The van der Waals surface area contributed by atoms with Crippen LogP contribution in [0.25, 0.3) is 0 Å². The van der Waals surface area contributed by atoms with Crippen LogP contribution in [0.5, 0.6) is 0 Å². The van der Waals surface area contributed by atoms with Crippen LogP contribution in [0, 0.1) is 0 Å². The van der Waals surface area contributed by atoms with Crippen molar-refractivity contribution in [2.24, 2.45) is 0 Å². The molecule has 0 aromatic carbocycles. The fourth-order valence-electron chi connectivity index (χ4n) is 1.17. The van der Waals surface area contributed by atoms with Gasteiger partial charge in [0.25, 0.3) is 0 Å². The SMILES string of the molecule is O=S(=O)(Cl)CCCS(=O)(=O)Cl.O=S(=O)([O-])CCCS(=O)(=O)[O-].O=[S-](=O)CCCS(=O)(=O)[O-].[Ba+2].[Na+].[Na+].[OH-]. The molecule has 0 atom stereocenters. The summed E-state index contributed by atoms with van der Waals surface area (Å²) in [6.07, 6.45) is -0.628. The number of rotatable bonds is 12. The molecule has 0 radical (unpaired) electrons. The molecule has 27 heteroatoms. The maximum Gasteiger partial charge on any atom is 2.00 e. The van der Waals surface area contributed by atoms with Crippen LogP contribution in [0.3, 0.4) is 0 Å². The summed E-state index contributed by atoms with van der Waals surface area (Å²) in [5, 5.41) is 0. The molecule has 0 unspecified atom stereocenters. The topological polar surface area (TPSA) is 304 Å². The Bertz CT molecular complexity index is 1030. The molecular weight excluding hydrogens is 811 g/mol. The van der Waals surface area contributed by atoms with Gasteiger partial charge in [-0.25, -0.2) is 42.1 Å². The van der Waals surface area contributed by atoms with Gasteiger partial charge in [0.05, 0.1) is 41.9 Å². The third-order valence-electron chi connectivity index (χ3n) is 2.27. The van der Waals surface area contributed by atoms with Gasteiger partial charge in [-0.05, 0) is 12.8 Å². The zero-order valence-electron chi connectivity index (χ0n) is 18.8. The molecule has 0 saturated carbocycles. The van der Waals surface area contributed by atoms with E-state index >= 15 is 0 Å².